The summed E-state index contributed by atoms with van der Waals surface area (Å²) in [4.78, 5) is 23.7. The van der Waals surface area contributed by atoms with Gasteiger partial charge in [-0.05, 0) is 18.4 Å². The summed E-state index contributed by atoms with van der Waals surface area (Å²) >= 11 is 0. The number of piperidine rings is 1. The predicted molar refractivity (Wildman–Crippen MR) is 66.6 cm³/mol. The summed E-state index contributed by atoms with van der Waals surface area (Å²) in [5, 5.41) is 12.9. The lowest BCUT2D eigenvalue weighted by Gasteiger charge is -2.28. The van der Waals surface area contributed by atoms with E-state index in [0.717, 1.165) is 6.42 Å². The minimum atomic E-state index is -0.523. The summed E-state index contributed by atoms with van der Waals surface area (Å²) in [7, 11) is 1.47. The van der Waals surface area contributed by atoms with E-state index in [1.807, 2.05) is 6.92 Å². The minimum absolute atomic E-state index is 0.101. The summed E-state index contributed by atoms with van der Waals surface area (Å²) in [6.07, 6.45) is 0.838. The number of hydrogen-bond acceptors (Lipinski definition) is 5. The molecule has 1 aliphatic heterocycles. The maximum absolute atomic E-state index is 12.0. The molecule has 1 aromatic rings. The second-order valence-corrected chi connectivity index (χ2v) is 4.47. The summed E-state index contributed by atoms with van der Waals surface area (Å²) in [6.45, 7) is 2.58. The summed E-state index contributed by atoms with van der Waals surface area (Å²) < 4.78 is 4.86. The van der Waals surface area contributed by atoms with E-state index in [1.54, 1.807) is 6.07 Å². The maximum Gasteiger partial charge on any atom is 0.272 e. The molecule has 2 rings (SSSR count). The van der Waals surface area contributed by atoms with Crippen molar-refractivity contribution < 1.29 is 14.3 Å². The molecule has 0 radical (unpaired) electrons. The second kappa shape index (κ2) is 5.64. The van der Waals surface area contributed by atoms with Crippen molar-refractivity contribution in [2.75, 3.05) is 13.7 Å². The van der Waals surface area contributed by atoms with E-state index in [9.17, 15) is 9.59 Å². The Morgan fingerprint density at radius 2 is 2.26 bits per heavy atom. The Morgan fingerprint density at radius 3 is 2.84 bits per heavy atom. The predicted octanol–water partition coefficient (Wildman–Crippen LogP) is -0.260. The van der Waals surface area contributed by atoms with Gasteiger partial charge in [0.25, 0.3) is 5.91 Å². The van der Waals surface area contributed by atoms with Crippen molar-refractivity contribution >= 4 is 11.8 Å². The molecule has 102 valence electrons. The van der Waals surface area contributed by atoms with Crippen LogP contribution >= 0.6 is 0 Å². The van der Waals surface area contributed by atoms with E-state index in [0.29, 0.717) is 12.4 Å². The fourth-order valence-corrected chi connectivity index (χ4v) is 1.93. The molecule has 2 heterocycles. The third-order valence-electron chi connectivity index (χ3n) is 3.12. The zero-order chi connectivity index (χ0) is 13.8. The van der Waals surface area contributed by atoms with Gasteiger partial charge >= 0.3 is 0 Å². The van der Waals surface area contributed by atoms with Crippen LogP contribution in [-0.4, -0.2) is 41.7 Å². The molecule has 7 nitrogen and oxygen atoms in total. The Kier molecular flexibility index (Phi) is 3.94. The smallest absolute Gasteiger partial charge is 0.272 e. The van der Waals surface area contributed by atoms with Crippen LogP contribution in [0.1, 0.15) is 23.8 Å². The maximum atomic E-state index is 12.0. The molecule has 2 atom stereocenters. The van der Waals surface area contributed by atoms with Gasteiger partial charge < -0.3 is 15.4 Å². The zero-order valence-corrected chi connectivity index (χ0v) is 10.8. The molecule has 19 heavy (non-hydrogen) atoms. The van der Waals surface area contributed by atoms with Crippen LogP contribution < -0.4 is 15.4 Å². The number of methoxy groups -OCH3 is 1. The molecule has 0 aromatic carbocycles. The lowest BCUT2D eigenvalue weighted by Crippen LogP contribution is -2.54. The van der Waals surface area contributed by atoms with Crippen LogP contribution in [0.5, 0.6) is 5.88 Å². The van der Waals surface area contributed by atoms with E-state index in [2.05, 4.69) is 20.8 Å². The Bertz CT molecular complexity index is 474. The Morgan fingerprint density at radius 1 is 1.47 bits per heavy atom. The van der Waals surface area contributed by atoms with Gasteiger partial charge in [-0.3, -0.25) is 9.59 Å². The van der Waals surface area contributed by atoms with Crippen molar-refractivity contribution in [3.63, 3.8) is 0 Å². The Hall–Kier alpha value is -2.18. The molecule has 0 bridgehead atoms. The molecule has 0 unspecified atom stereocenters. The molecule has 2 N–H and O–H groups in total. The minimum Gasteiger partial charge on any atom is -0.480 e. The Labute approximate surface area is 110 Å². The Balaban J connectivity index is 2.05. The number of nitrogens with zero attached hydrogens (tertiary/aromatic N) is 2. The molecule has 2 amide bonds. The van der Waals surface area contributed by atoms with E-state index in [1.165, 1.54) is 13.2 Å². The van der Waals surface area contributed by atoms with E-state index >= 15 is 0 Å². The number of aromatic nitrogens is 2. The van der Waals surface area contributed by atoms with Crippen molar-refractivity contribution in [3.8, 4) is 5.88 Å². The lowest BCUT2D eigenvalue weighted by molar-refractivity contribution is -0.125. The number of hydrogen-bond donors (Lipinski definition) is 2. The number of ether oxygens (including phenoxy) is 1. The first-order valence-electron chi connectivity index (χ1n) is 6.08. The standard InChI is InChI=1S/C12H16N4O3/c1-7-5-6-13-12(18)10(7)14-11(17)8-3-4-9(19-2)16-15-8/h3-4,7,10H,5-6H2,1-2H3,(H,13,18)(H,14,17)/t7-,10+/m1/s1. The van der Waals surface area contributed by atoms with E-state index in [-0.39, 0.29) is 17.5 Å². The van der Waals surface area contributed by atoms with Crippen molar-refractivity contribution in [2.24, 2.45) is 5.92 Å². The van der Waals surface area contributed by atoms with Gasteiger partial charge in [0.1, 0.15) is 6.04 Å². The normalized spacial score (nSPS) is 22.5. The molecule has 0 aliphatic carbocycles. The molecular weight excluding hydrogens is 248 g/mol. The van der Waals surface area contributed by atoms with Crippen molar-refractivity contribution in [3.05, 3.63) is 17.8 Å². The molecule has 0 spiro atoms. The number of amides is 2. The van der Waals surface area contributed by atoms with Crippen LogP contribution in [0.2, 0.25) is 0 Å². The first kappa shape index (κ1) is 13.3. The summed E-state index contributed by atoms with van der Waals surface area (Å²) in [5.74, 6) is -0.137. The molecule has 1 fully saturated rings. The van der Waals surface area contributed by atoms with Gasteiger partial charge in [-0.2, -0.15) is 0 Å². The third kappa shape index (κ3) is 2.98. The number of nitrogens with one attached hydrogen (secondary N) is 2. The van der Waals surface area contributed by atoms with E-state index in [4.69, 9.17) is 4.74 Å². The highest BCUT2D eigenvalue weighted by molar-refractivity contribution is 5.96. The van der Waals surface area contributed by atoms with Crippen LogP contribution in [0.4, 0.5) is 0 Å². The lowest BCUT2D eigenvalue weighted by atomic mass is 9.94. The SMILES string of the molecule is COc1ccc(C(=O)N[C@@H]2C(=O)NCC[C@H]2C)nn1. The van der Waals surface area contributed by atoms with E-state index < -0.39 is 11.9 Å². The summed E-state index contributed by atoms with van der Waals surface area (Å²) in [5.41, 5.74) is 0.159. The van der Waals surface area contributed by atoms with Gasteiger partial charge in [-0.15, -0.1) is 10.2 Å². The van der Waals surface area contributed by atoms with Crippen molar-refractivity contribution in [1.29, 1.82) is 0 Å². The van der Waals surface area contributed by atoms with Gasteiger partial charge in [0.15, 0.2) is 5.69 Å². The van der Waals surface area contributed by atoms with Gasteiger partial charge in [0.05, 0.1) is 7.11 Å². The average molecular weight is 264 g/mol. The highest BCUT2D eigenvalue weighted by atomic mass is 16.5. The van der Waals surface area contributed by atoms with Crippen molar-refractivity contribution in [2.45, 2.75) is 19.4 Å². The quantitative estimate of drug-likeness (QED) is 0.784. The van der Waals surface area contributed by atoms with Gasteiger partial charge in [-0.25, -0.2) is 0 Å². The first-order valence-corrected chi connectivity index (χ1v) is 6.08. The molecular formula is C12H16N4O3. The van der Waals surface area contributed by atoms with Crippen LogP contribution in [-0.2, 0) is 4.79 Å². The number of rotatable bonds is 3. The van der Waals surface area contributed by atoms with Gasteiger partial charge in [-0.1, -0.05) is 6.92 Å². The van der Waals surface area contributed by atoms with Crippen LogP contribution in [0.15, 0.2) is 12.1 Å². The topological polar surface area (TPSA) is 93.2 Å². The largest absolute Gasteiger partial charge is 0.480 e. The number of carbonyl (C=O) groups is 2. The van der Waals surface area contributed by atoms with Gasteiger partial charge in [0, 0.05) is 12.6 Å². The fraction of sp³-hybridized carbons (Fsp3) is 0.500. The molecule has 1 saturated heterocycles. The molecule has 7 heteroatoms. The summed E-state index contributed by atoms with van der Waals surface area (Å²) in [6, 6.07) is 2.53. The average Bonchev–Trinajstić information content (AvgIpc) is 2.43. The zero-order valence-electron chi connectivity index (χ0n) is 10.8. The van der Waals surface area contributed by atoms with Crippen LogP contribution in [0.25, 0.3) is 0 Å². The highest BCUT2D eigenvalue weighted by Gasteiger charge is 2.30. The molecule has 1 aromatic heterocycles. The van der Waals surface area contributed by atoms with Crippen LogP contribution in [0, 0.1) is 5.92 Å². The van der Waals surface area contributed by atoms with Gasteiger partial charge in [0.2, 0.25) is 11.8 Å². The van der Waals surface area contributed by atoms with Crippen molar-refractivity contribution in [1.82, 2.24) is 20.8 Å². The highest BCUT2D eigenvalue weighted by Crippen LogP contribution is 2.13. The second-order valence-electron chi connectivity index (χ2n) is 4.47. The monoisotopic (exact) mass is 264 g/mol. The first-order chi connectivity index (χ1) is 9.11. The van der Waals surface area contributed by atoms with Crippen LogP contribution in [0.3, 0.4) is 0 Å². The fourth-order valence-electron chi connectivity index (χ4n) is 1.93. The molecule has 0 saturated carbocycles. The third-order valence-corrected chi connectivity index (χ3v) is 3.12. The number of carbonyl (C=O) groups excluding carboxylic acids is 2. The molecule has 1 aliphatic rings.